The Morgan fingerprint density at radius 2 is 1.68 bits per heavy atom. The second-order valence-electron chi connectivity index (χ2n) is 5.04. The van der Waals surface area contributed by atoms with Crippen LogP contribution in [-0.4, -0.2) is 33.5 Å². The van der Waals surface area contributed by atoms with E-state index in [9.17, 15) is 43.2 Å². The molecule has 2 heterocycles. The van der Waals surface area contributed by atoms with Gasteiger partial charge in [-0.3, -0.25) is 18.0 Å². The molecule has 5 unspecified atom stereocenters. The first-order chi connectivity index (χ1) is 12.3. The standard InChI is InChI=1S/C9H15N2O13P3.4Li/c12-6-4-8(11-3-1-2-10-9(11)13)22-7(6)5-21-26(17,18)24-27(19,20)23-25(14,15)16;;;;/h1-3,6-8,12H,4-5H2,(H,17,18)(H,19,20)(H2,14,15,16);;;;/q;4*+1/p-4. The Morgan fingerprint density at radius 1 is 1.10 bits per heavy atom. The van der Waals surface area contributed by atoms with E-state index in [2.05, 4.69) is 18.1 Å². The van der Waals surface area contributed by atoms with Crippen molar-refractivity contribution in [3.63, 3.8) is 0 Å². The van der Waals surface area contributed by atoms with Crippen molar-refractivity contribution in [2.24, 2.45) is 0 Å². The Morgan fingerprint density at radius 3 is 2.19 bits per heavy atom. The monoisotopic (exact) mass is 476 g/mol. The fraction of sp³-hybridized carbons (Fsp3) is 0.556. The zero-order valence-electron chi connectivity index (χ0n) is 17.0. The topological polar surface area (TPSA) is 235 Å². The predicted octanol–water partition coefficient (Wildman–Crippen LogP) is -15.3. The van der Waals surface area contributed by atoms with Crippen LogP contribution in [0.1, 0.15) is 12.6 Å². The van der Waals surface area contributed by atoms with Gasteiger partial charge in [-0.25, -0.2) is 14.1 Å². The molecule has 1 aromatic rings. The van der Waals surface area contributed by atoms with Crippen molar-refractivity contribution < 1.29 is 132 Å². The van der Waals surface area contributed by atoms with E-state index >= 15 is 0 Å². The molecule has 1 aromatic heterocycles. The quantitative estimate of drug-likeness (QED) is 0.271. The van der Waals surface area contributed by atoms with E-state index in [-0.39, 0.29) is 81.9 Å². The Bertz CT molecular complexity index is 884. The second-order valence-corrected chi connectivity index (χ2v) is 9.29. The Labute approximate surface area is 223 Å². The number of aromatic nitrogens is 2. The largest absolute Gasteiger partial charge is 1.00 e. The summed E-state index contributed by atoms with van der Waals surface area (Å²) in [6.45, 7) is -0.945. The number of nitrogens with zero attached hydrogens (tertiary/aromatic N) is 2. The minimum atomic E-state index is -6.09. The van der Waals surface area contributed by atoms with Crippen LogP contribution in [0.2, 0.25) is 0 Å². The van der Waals surface area contributed by atoms with Crippen LogP contribution in [0.4, 0.5) is 0 Å². The fourth-order valence-electron chi connectivity index (χ4n) is 2.07. The number of phosphoric acid groups is 3. The van der Waals surface area contributed by atoms with Crippen molar-refractivity contribution in [1.82, 2.24) is 9.55 Å². The molecule has 1 N–H and O–H groups in total. The summed E-state index contributed by atoms with van der Waals surface area (Å²) in [4.78, 5) is 58.0. The molecule has 2 rings (SSSR count). The molecular weight excluding hydrogens is 465 g/mol. The number of rotatable bonds is 8. The maximum Gasteiger partial charge on any atom is 1.00 e. The second kappa shape index (κ2) is 14.9. The van der Waals surface area contributed by atoms with Gasteiger partial charge in [-0.15, -0.1) is 0 Å². The number of hydrogen-bond donors (Lipinski definition) is 1. The van der Waals surface area contributed by atoms with Crippen LogP contribution in [0.15, 0.2) is 23.3 Å². The van der Waals surface area contributed by atoms with Gasteiger partial charge in [-0.2, -0.15) is 0 Å². The maximum atomic E-state index is 11.6. The summed E-state index contributed by atoms with van der Waals surface area (Å²) in [5, 5.41) is 9.86. The van der Waals surface area contributed by atoms with Crippen LogP contribution in [0, 0.1) is 0 Å². The normalized spacial score (nSPS) is 24.2. The van der Waals surface area contributed by atoms with Crippen molar-refractivity contribution in [2.45, 2.75) is 24.9 Å². The molecule has 0 spiro atoms. The number of phosphoric ester groups is 1. The molecule has 0 saturated carbocycles. The summed E-state index contributed by atoms with van der Waals surface area (Å²) in [5.41, 5.74) is -0.696. The van der Waals surface area contributed by atoms with Crippen LogP contribution >= 0.6 is 23.5 Å². The van der Waals surface area contributed by atoms with Crippen LogP contribution in [0.5, 0.6) is 0 Å². The van der Waals surface area contributed by atoms with E-state index in [1.54, 1.807) is 0 Å². The van der Waals surface area contributed by atoms with Gasteiger partial charge < -0.3 is 38.5 Å². The molecule has 22 heteroatoms. The first-order valence-corrected chi connectivity index (χ1v) is 11.2. The van der Waals surface area contributed by atoms with Gasteiger partial charge in [0.25, 0.3) is 15.6 Å². The molecule has 1 saturated heterocycles. The van der Waals surface area contributed by atoms with E-state index in [0.29, 0.717) is 0 Å². The van der Waals surface area contributed by atoms with E-state index in [1.807, 2.05) is 0 Å². The third-order valence-electron chi connectivity index (χ3n) is 3.05. The summed E-state index contributed by atoms with van der Waals surface area (Å²) in [7, 11) is -17.9. The molecular formula is C9H11Li4N2O13P3. The summed E-state index contributed by atoms with van der Waals surface area (Å²) >= 11 is 0. The average molecular weight is 476 g/mol. The van der Waals surface area contributed by atoms with Gasteiger partial charge in [0.2, 0.25) is 0 Å². The summed E-state index contributed by atoms with van der Waals surface area (Å²) < 4.78 is 49.6. The molecule has 0 aliphatic carbocycles. The molecule has 1 aliphatic rings. The first-order valence-electron chi connectivity index (χ1n) is 6.86. The van der Waals surface area contributed by atoms with Gasteiger partial charge in [0, 0.05) is 18.8 Å². The van der Waals surface area contributed by atoms with E-state index < -0.39 is 54.2 Å². The Balaban J connectivity index is -0.00000196. The third-order valence-corrected chi connectivity index (χ3v) is 6.72. The molecule has 0 bridgehead atoms. The van der Waals surface area contributed by atoms with E-state index in [1.165, 1.54) is 18.5 Å². The number of ether oxygens (including phenoxy) is 1. The first kappa shape index (κ1) is 37.2. The summed E-state index contributed by atoms with van der Waals surface area (Å²) in [6, 6.07) is 1.41. The molecule has 1 aliphatic heterocycles. The molecule has 15 nitrogen and oxygen atoms in total. The van der Waals surface area contributed by atoms with Crippen LogP contribution in [0.25, 0.3) is 0 Å². The fourth-order valence-corrected chi connectivity index (χ4v) is 4.94. The number of aliphatic hydroxyl groups is 1. The minimum absolute atomic E-state index is 0. The molecule has 1 fully saturated rings. The number of aliphatic hydroxyl groups excluding tert-OH is 1. The van der Waals surface area contributed by atoms with Crippen LogP contribution in [-0.2, 0) is 31.6 Å². The van der Waals surface area contributed by atoms with Gasteiger partial charge in [-0.1, -0.05) is 0 Å². The van der Waals surface area contributed by atoms with Crippen LogP contribution in [0.3, 0.4) is 0 Å². The Hall–Kier alpha value is 1.60. The summed E-state index contributed by atoms with van der Waals surface area (Å²) in [6.07, 6.45) is -1.22. The van der Waals surface area contributed by atoms with Gasteiger partial charge in [0.1, 0.15) is 12.3 Å². The smallest absolute Gasteiger partial charge is 0.790 e. The molecule has 0 aromatic carbocycles. The van der Waals surface area contributed by atoms with Crippen LogP contribution < -0.4 is 101 Å². The van der Waals surface area contributed by atoms with Gasteiger partial charge in [0.15, 0.2) is 0 Å². The van der Waals surface area contributed by atoms with Gasteiger partial charge >= 0.3 is 81.1 Å². The van der Waals surface area contributed by atoms with Gasteiger partial charge in [0.05, 0.1) is 20.5 Å². The number of hydrogen-bond acceptors (Lipinski definition) is 14. The van der Waals surface area contributed by atoms with E-state index in [4.69, 9.17) is 4.74 Å². The molecule has 31 heavy (non-hydrogen) atoms. The van der Waals surface area contributed by atoms with Crippen molar-refractivity contribution in [2.75, 3.05) is 6.61 Å². The zero-order valence-corrected chi connectivity index (χ0v) is 19.6. The molecule has 0 amide bonds. The molecule has 154 valence electrons. The average Bonchev–Trinajstić information content (AvgIpc) is 2.83. The zero-order chi connectivity index (χ0) is 20.5. The third kappa shape index (κ3) is 12.7. The van der Waals surface area contributed by atoms with Crippen molar-refractivity contribution in [3.8, 4) is 0 Å². The van der Waals surface area contributed by atoms with Gasteiger partial charge in [-0.05, 0) is 6.07 Å². The molecule has 0 radical (unpaired) electrons. The van der Waals surface area contributed by atoms with E-state index in [0.717, 1.165) is 4.57 Å². The van der Waals surface area contributed by atoms with Crippen molar-refractivity contribution in [3.05, 3.63) is 28.9 Å². The van der Waals surface area contributed by atoms with Crippen molar-refractivity contribution in [1.29, 1.82) is 0 Å². The Kier molecular flexibility index (Phi) is 17.8. The predicted molar refractivity (Wildman–Crippen MR) is 74.0 cm³/mol. The minimum Gasteiger partial charge on any atom is -0.790 e. The summed E-state index contributed by atoms with van der Waals surface area (Å²) in [5.74, 6) is 0. The SMILES string of the molecule is O=c1ncccn1C1CC(O)C(COP(=O)([O-])OP(=O)([O-])OP(=O)([O-])[O-])O1.[Li+].[Li+].[Li+].[Li+]. The molecule has 5 atom stereocenters. The van der Waals surface area contributed by atoms with Crippen molar-refractivity contribution >= 4 is 23.5 Å². The maximum absolute atomic E-state index is 11.6.